The van der Waals surface area contributed by atoms with Gasteiger partial charge in [0.2, 0.25) is 5.91 Å². The number of fused-ring (bicyclic) bond motifs is 1. The number of nitrogens with one attached hydrogen (secondary N) is 2. The Kier molecular flexibility index (Phi) is 5.96. The van der Waals surface area contributed by atoms with Gasteiger partial charge in [-0.15, -0.1) is 0 Å². The maximum absolute atomic E-state index is 12.3. The Morgan fingerprint density at radius 3 is 2.41 bits per heavy atom. The Morgan fingerprint density at radius 1 is 1.00 bits per heavy atom. The number of rotatable bonds is 5. The molecule has 2 N–H and O–H groups in total. The topological polar surface area (TPSA) is 70.7 Å². The number of amides is 3. The van der Waals surface area contributed by atoms with Crippen molar-refractivity contribution < 1.29 is 14.3 Å². The van der Waals surface area contributed by atoms with E-state index >= 15 is 0 Å². The SMILES string of the molecule is CCOc1ccc(NC(=O)Nc2ccc3c(c2)CN(C(=O)CC)CC3)cc1. The maximum Gasteiger partial charge on any atom is 0.323 e. The smallest absolute Gasteiger partial charge is 0.323 e. The van der Waals surface area contributed by atoms with Gasteiger partial charge in [0.1, 0.15) is 5.75 Å². The van der Waals surface area contributed by atoms with Gasteiger partial charge in [-0.25, -0.2) is 4.79 Å². The molecule has 0 fully saturated rings. The van der Waals surface area contributed by atoms with Crippen LogP contribution in [0.3, 0.4) is 0 Å². The average molecular weight is 367 g/mol. The lowest BCUT2D eigenvalue weighted by molar-refractivity contribution is -0.131. The van der Waals surface area contributed by atoms with Crippen molar-refractivity contribution in [3.05, 3.63) is 53.6 Å². The molecule has 6 heteroatoms. The molecule has 0 saturated carbocycles. The summed E-state index contributed by atoms with van der Waals surface area (Å²) < 4.78 is 5.39. The van der Waals surface area contributed by atoms with Crippen LogP contribution in [0.2, 0.25) is 0 Å². The molecule has 6 nitrogen and oxygen atoms in total. The average Bonchev–Trinajstić information content (AvgIpc) is 2.68. The number of hydrogen-bond donors (Lipinski definition) is 2. The molecule has 3 rings (SSSR count). The lowest BCUT2D eigenvalue weighted by atomic mass is 9.99. The fraction of sp³-hybridized carbons (Fsp3) is 0.333. The highest BCUT2D eigenvalue weighted by Gasteiger charge is 2.19. The third-order valence-corrected chi connectivity index (χ3v) is 4.55. The standard InChI is InChI=1S/C21H25N3O3/c1-3-20(25)24-12-11-15-5-6-18(13-16(15)14-24)23-21(26)22-17-7-9-19(10-8-17)27-4-2/h5-10,13H,3-4,11-12,14H2,1-2H3,(H2,22,23,26). The van der Waals surface area contributed by atoms with Gasteiger partial charge in [0, 0.05) is 30.9 Å². The van der Waals surface area contributed by atoms with Gasteiger partial charge in [-0.3, -0.25) is 4.79 Å². The van der Waals surface area contributed by atoms with Gasteiger partial charge in [-0.05, 0) is 60.9 Å². The quantitative estimate of drug-likeness (QED) is 0.838. The lowest BCUT2D eigenvalue weighted by Gasteiger charge is -2.29. The molecule has 0 aromatic heterocycles. The van der Waals surface area contributed by atoms with Crippen LogP contribution < -0.4 is 15.4 Å². The zero-order valence-corrected chi connectivity index (χ0v) is 15.7. The van der Waals surface area contributed by atoms with Gasteiger partial charge in [0.05, 0.1) is 6.61 Å². The molecule has 0 unspecified atom stereocenters. The van der Waals surface area contributed by atoms with Gasteiger partial charge >= 0.3 is 6.03 Å². The molecule has 3 amide bonds. The summed E-state index contributed by atoms with van der Waals surface area (Å²) in [6, 6.07) is 12.8. The van der Waals surface area contributed by atoms with Crippen LogP contribution in [0.4, 0.5) is 16.2 Å². The van der Waals surface area contributed by atoms with Gasteiger partial charge in [-0.1, -0.05) is 13.0 Å². The Hall–Kier alpha value is -3.02. The minimum atomic E-state index is -0.309. The van der Waals surface area contributed by atoms with Gasteiger partial charge < -0.3 is 20.3 Å². The van der Waals surface area contributed by atoms with Crippen LogP contribution in [-0.4, -0.2) is 30.0 Å². The van der Waals surface area contributed by atoms with E-state index in [0.29, 0.717) is 30.9 Å². The van der Waals surface area contributed by atoms with Crippen LogP contribution in [0.5, 0.6) is 5.75 Å². The predicted octanol–water partition coefficient (Wildman–Crippen LogP) is 4.02. The second-order valence-corrected chi connectivity index (χ2v) is 6.44. The first kappa shape index (κ1) is 18.8. The number of urea groups is 1. The van der Waals surface area contributed by atoms with Crippen molar-refractivity contribution in [1.82, 2.24) is 4.90 Å². The number of hydrogen-bond acceptors (Lipinski definition) is 3. The van der Waals surface area contributed by atoms with E-state index in [4.69, 9.17) is 4.74 Å². The summed E-state index contributed by atoms with van der Waals surface area (Å²) >= 11 is 0. The molecule has 27 heavy (non-hydrogen) atoms. The Morgan fingerprint density at radius 2 is 1.70 bits per heavy atom. The van der Waals surface area contributed by atoms with Crippen LogP contribution in [0.1, 0.15) is 31.4 Å². The van der Waals surface area contributed by atoms with Crippen LogP contribution in [-0.2, 0) is 17.8 Å². The highest BCUT2D eigenvalue weighted by molar-refractivity contribution is 5.99. The molecule has 1 aliphatic rings. The summed E-state index contributed by atoms with van der Waals surface area (Å²) in [6.45, 7) is 5.76. The van der Waals surface area contributed by atoms with E-state index in [9.17, 15) is 9.59 Å². The normalized spacial score (nSPS) is 12.9. The van der Waals surface area contributed by atoms with Crippen molar-refractivity contribution >= 4 is 23.3 Å². The van der Waals surface area contributed by atoms with E-state index in [1.165, 1.54) is 5.56 Å². The fourth-order valence-corrected chi connectivity index (χ4v) is 3.17. The summed E-state index contributed by atoms with van der Waals surface area (Å²) in [6.07, 6.45) is 1.36. The van der Waals surface area contributed by atoms with Crippen molar-refractivity contribution in [2.45, 2.75) is 33.2 Å². The van der Waals surface area contributed by atoms with E-state index < -0.39 is 0 Å². The third kappa shape index (κ3) is 4.78. The van der Waals surface area contributed by atoms with E-state index in [1.807, 2.05) is 49.1 Å². The number of carbonyl (C=O) groups excluding carboxylic acids is 2. The van der Waals surface area contributed by atoms with Crippen molar-refractivity contribution in [1.29, 1.82) is 0 Å². The molecule has 1 heterocycles. The highest BCUT2D eigenvalue weighted by atomic mass is 16.5. The number of anilines is 2. The molecule has 2 aromatic carbocycles. The Labute approximate surface area is 159 Å². The molecule has 142 valence electrons. The van der Waals surface area contributed by atoms with Crippen LogP contribution in [0, 0.1) is 0 Å². The maximum atomic E-state index is 12.3. The number of nitrogens with zero attached hydrogens (tertiary/aromatic N) is 1. The van der Waals surface area contributed by atoms with Crippen molar-refractivity contribution in [3.63, 3.8) is 0 Å². The molecule has 0 radical (unpaired) electrons. The van der Waals surface area contributed by atoms with E-state index in [-0.39, 0.29) is 11.9 Å². The van der Waals surface area contributed by atoms with Crippen LogP contribution >= 0.6 is 0 Å². The summed E-state index contributed by atoms with van der Waals surface area (Å²) in [5.41, 5.74) is 3.71. The van der Waals surface area contributed by atoms with Crippen molar-refractivity contribution in [2.24, 2.45) is 0 Å². The summed E-state index contributed by atoms with van der Waals surface area (Å²) in [5, 5.41) is 5.66. The minimum Gasteiger partial charge on any atom is -0.494 e. The van der Waals surface area contributed by atoms with E-state index in [2.05, 4.69) is 10.6 Å². The highest BCUT2D eigenvalue weighted by Crippen LogP contribution is 2.23. The van der Waals surface area contributed by atoms with Crippen LogP contribution in [0.15, 0.2) is 42.5 Å². The Balaban J connectivity index is 1.62. The predicted molar refractivity (Wildman–Crippen MR) is 106 cm³/mol. The van der Waals surface area contributed by atoms with Gasteiger partial charge in [-0.2, -0.15) is 0 Å². The number of benzene rings is 2. The zero-order chi connectivity index (χ0) is 19.2. The van der Waals surface area contributed by atoms with E-state index in [1.54, 1.807) is 12.1 Å². The molecule has 0 spiro atoms. The van der Waals surface area contributed by atoms with Gasteiger partial charge in [0.15, 0.2) is 0 Å². The molecule has 0 aliphatic carbocycles. The van der Waals surface area contributed by atoms with Crippen LogP contribution in [0.25, 0.3) is 0 Å². The minimum absolute atomic E-state index is 0.159. The number of ether oxygens (including phenoxy) is 1. The molecular weight excluding hydrogens is 342 g/mol. The molecular formula is C21H25N3O3. The molecule has 0 saturated heterocycles. The second kappa shape index (κ2) is 8.58. The molecule has 1 aliphatic heterocycles. The second-order valence-electron chi connectivity index (χ2n) is 6.44. The van der Waals surface area contributed by atoms with Gasteiger partial charge in [0.25, 0.3) is 0 Å². The first-order valence-corrected chi connectivity index (χ1v) is 9.29. The zero-order valence-electron chi connectivity index (χ0n) is 15.7. The largest absolute Gasteiger partial charge is 0.494 e. The number of carbonyl (C=O) groups is 2. The van der Waals surface area contributed by atoms with Crippen molar-refractivity contribution in [2.75, 3.05) is 23.8 Å². The summed E-state index contributed by atoms with van der Waals surface area (Å²) in [5.74, 6) is 0.927. The summed E-state index contributed by atoms with van der Waals surface area (Å²) in [4.78, 5) is 26.1. The first-order chi connectivity index (χ1) is 13.1. The fourth-order valence-electron chi connectivity index (χ4n) is 3.17. The van der Waals surface area contributed by atoms with E-state index in [0.717, 1.165) is 24.3 Å². The monoisotopic (exact) mass is 367 g/mol. The summed E-state index contributed by atoms with van der Waals surface area (Å²) in [7, 11) is 0. The van der Waals surface area contributed by atoms with Crippen molar-refractivity contribution in [3.8, 4) is 5.75 Å². The lowest BCUT2D eigenvalue weighted by Crippen LogP contribution is -2.35. The third-order valence-electron chi connectivity index (χ3n) is 4.55. The molecule has 0 bridgehead atoms. The molecule has 2 aromatic rings. The Bertz CT molecular complexity index is 818. The first-order valence-electron chi connectivity index (χ1n) is 9.29. The molecule has 0 atom stereocenters.